The number of nitrogens with one attached hydrogen (secondary N) is 1. The summed E-state index contributed by atoms with van der Waals surface area (Å²) in [5.74, 6) is 0. The molecule has 0 aromatic heterocycles. The zero-order valence-corrected chi connectivity index (χ0v) is 13.5. The lowest BCUT2D eigenvalue weighted by molar-refractivity contribution is 0.161. The lowest BCUT2D eigenvalue weighted by Gasteiger charge is -2.35. The van der Waals surface area contributed by atoms with Gasteiger partial charge in [0.1, 0.15) is 0 Å². The summed E-state index contributed by atoms with van der Waals surface area (Å²) < 4.78 is 12.2. The van der Waals surface area contributed by atoms with E-state index >= 15 is 0 Å². The Hall–Kier alpha value is 0.0969. The first-order valence-corrected chi connectivity index (χ1v) is 9.84. The van der Waals surface area contributed by atoms with Crippen LogP contribution in [0.1, 0.15) is 65.7 Å². The number of rotatable bonds is 9. The molecule has 1 aliphatic carbocycles. The fraction of sp³-hybridized carbons (Fsp3) is 1.00. The Bertz CT molecular complexity index is 202. The standard InChI is InChI=1S/C14H31NO2Si/c1-4-7-13-18(16-5-2,17-6-3)15-14-11-9-8-10-12-14/h14-15H,4-13H2,1-3H3. The SMILES string of the molecule is CCCC[Si](NC1CCCCC1)(OCC)OCC. The highest BCUT2D eigenvalue weighted by Gasteiger charge is 2.39. The van der Waals surface area contributed by atoms with Crippen molar-refractivity contribution in [2.45, 2.75) is 77.8 Å². The van der Waals surface area contributed by atoms with Gasteiger partial charge in [0, 0.05) is 25.3 Å². The Morgan fingerprint density at radius 1 is 1.00 bits per heavy atom. The van der Waals surface area contributed by atoms with Gasteiger partial charge in [0.25, 0.3) is 0 Å². The second-order valence-electron chi connectivity index (χ2n) is 5.20. The zero-order valence-electron chi connectivity index (χ0n) is 12.5. The fourth-order valence-electron chi connectivity index (χ4n) is 2.78. The molecule has 4 heteroatoms. The van der Waals surface area contributed by atoms with Gasteiger partial charge in [-0.2, -0.15) is 0 Å². The molecule has 0 amide bonds. The first kappa shape index (κ1) is 16.2. The van der Waals surface area contributed by atoms with Crippen molar-refractivity contribution >= 4 is 8.72 Å². The van der Waals surface area contributed by atoms with Gasteiger partial charge >= 0.3 is 8.72 Å². The minimum absolute atomic E-state index is 0.625. The highest BCUT2D eigenvalue weighted by atomic mass is 28.4. The van der Waals surface area contributed by atoms with E-state index in [2.05, 4.69) is 25.8 Å². The Morgan fingerprint density at radius 3 is 2.11 bits per heavy atom. The molecule has 0 heterocycles. The maximum atomic E-state index is 6.08. The average Bonchev–Trinajstić information content (AvgIpc) is 2.38. The number of hydrogen-bond acceptors (Lipinski definition) is 3. The molecule has 1 aliphatic rings. The third kappa shape index (κ3) is 5.39. The first-order chi connectivity index (χ1) is 8.76. The van der Waals surface area contributed by atoms with Gasteiger partial charge in [-0.05, 0) is 26.7 Å². The molecule has 18 heavy (non-hydrogen) atoms. The monoisotopic (exact) mass is 273 g/mol. The van der Waals surface area contributed by atoms with E-state index in [4.69, 9.17) is 8.85 Å². The van der Waals surface area contributed by atoms with Gasteiger partial charge in [0.05, 0.1) is 0 Å². The van der Waals surface area contributed by atoms with Gasteiger partial charge in [0.15, 0.2) is 0 Å². The zero-order chi connectivity index (χ0) is 13.3. The van der Waals surface area contributed by atoms with E-state index in [9.17, 15) is 0 Å². The predicted octanol–water partition coefficient (Wildman–Crippen LogP) is 3.72. The molecule has 1 rings (SSSR count). The molecule has 0 bridgehead atoms. The highest BCUT2D eigenvalue weighted by Crippen LogP contribution is 2.22. The Kier molecular flexibility index (Phi) is 8.14. The van der Waals surface area contributed by atoms with Crippen molar-refractivity contribution in [3.8, 4) is 0 Å². The van der Waals surface area contributed by atoms with Crippen molar-refractivity contribution in [3.05, 3.63) is 0 Å². The number of unbranched alkanes of at least 4 members (excludes halogenated alkanes) is 1. The van der Waals surface area contributed by atoms with E-state index in [1.54, 1.807) is 0 Å². The molecule has 1 N–H and O–H groups in total. The van der Waals surface area contributed by atoms with E-state index in [1.807, 2.05) is 0 Å². The predicted molar refractivity (Wildman–Crippen MR) is 78.7 cm³/mol. The molecule has 0 aliphatic heterocycles. The summed E-state index contributed by atoms with van der Waals surface area (Å²) in [6.07, 6.45) is 9.10. The molecule has 3 nitrogen and oxygen atoms in total. The summed E-state index contributed by atoms with van der Waals surface area (Å²) in [7, 11) is -2.15. The molecular weight excluding hydrogens is 242 g/mol. The second kappa shape index (κ2) is 9.07. The van der Waals surface area contributed by atoms with Gasteiger partial charge in [-0.25, -0.2) is 0 Å². The molecule has 0 spiro atoms. The molecule has 0 aromatic carbocycles. The van der Waals surface area contributed by atoms with E-state index < -0.39 is 8.72 Å². The molecule has 108 valence electrons. The summed E-state index contributed by atoms with van der Waals surface area (Å²) in [6.45, 7) is 7.91. The molecule has 0 aromatic rings. The fourth-order valence-corrected chi connectivity index (χ4v) is 6.12. The molecule has 0 atom stereocenters. The minimum Gasteiger partial charge on any atom is -0.383 e. The molecule has 0 unspecified atom stereocenters. The van der Waals surface area contributed by atoms with Crippen LogP contribution in [0.4, 0.5) is 0 Å². The van der Waals surface area contributed by atoms with Crippen molar-refractivity contribution in [2.24, 2.45) is 0 Å². The van der Waals surface area contributed by atoms with Crippen LogP contribution < -0.4 is 4.98 Å². The van der Waals surface area contributed by atoms with Crippen LogP contribution in [0.15, 0.2) is 0 Å². The Labute approximate surface area is 114 Å². The molecule has 0 radical (unpaired) electrons. The summed E-state index contributed by atoms with van der Waals surface area (Å²) in [5, 5.41) is 0. The van der Waals surface area contributed by atoms with Crippen molar-refractivity contribution in [1.82, 2.24) is 4.98 Å². The van der Waals surface area contributed by atoms with Gasteiger partial charge in [0.2, 0.25) is 0 Å². The van der Waals surface area contributed by atoms with E-state index in [0.717, 1.165) is 19.3 Å². The topological polar surface area (TPSA) is 30.5 Å². The highest BCUT2D eigenvalue weighted by molar-refractivity contribution is 6.64. The third-order valence-electron chi connectivity index (χ3n) is 3.64. The molecular formula is C14H31NO2Si. The van der Waals surface area contributed by atoms with Crippen LogP contribution in [-0.2, 0) is 8.85 Å². The van der Waals surface area contributed by atoms with Crippen molar-refractivity contribution in [1.29, 1.82) is 0 Å². The largest absolute Gasteiger partial charge is 0.425 e. The van der Waals surface area contributed by atoms with E-state index in [0.29, 0.717) is 6.04 Å². The van der Waals surface area contributed by atoms with Crippen LogP contribution in [-0.4, -0.2) is 28.0 Å². The van der Waals surface area contributed by atoms with Gasteiger partial charge in [-0.3, -0.25) is 4.98 Å². The van der Waals surface area contributed by atoms with Gasteiger partial charge in [-0.15, -0.1) is 0 Å². The number of hydrogen-bond donors (Lipinski definition) is 1. The minimum atomic E-state index is -2.15. The molecule has 1 fully saturated rings. The Balaban J connectivity index is 2.58. The summed E-state index contributed by atoms with van der Waals surface area (Å²) in [5.41, 5.74) is 0. The van der Waals surface area contributed by atoms with Crippen LogP contribution in [0.25, 0.3) is 0 Å². The van der Waals surface area contributed by atoms with Gasteiger partial charge < -0.3 is 8.85 Å². The lowest BCUT2D eigenvalue weighted by Crippen LogP contribution is -2.60. The van der Waals surface area contributed by atoms with Crippen molar-refractivity contribution < 1.29 is 8.85 Å². The van der Waals surface area contributed by atoms with Crippen LogP contribution in [0, 0.1) is 0 Å². The normalized spacial score (nSPS) is 18.2. The third-order valence-corrected chi connectivity index (χ3v) is 7.01. The van der Waals surface area contributed by atoms with Crippen molar-refractivity contribution in [2.75, 3.05) is 13.2 Å². The maximum absolute atomic E-state index is 6.08. The quantitative estimate of drug-likeness (QED) is 0.649. The lowest BCUT2D eigenvalue weighted by atomic mass is 9.96. The van der Waals surface area contributed by atoms with Crippen LogP contribution >= 0.6 is 0 Å². The second-order valence-corrected chi connectivity index (χ2v) is 8.07. The van der Waals surface area contributed by atoms with Crippen LogP contribution in [0.5, 0.6) is 0 Å². The first-order valence-electron chi connectivity index (χ1n) is 7.82. The van der Waals surface area contributed by atoms with Crippen molar-refractivity contribution in [3.63, 3.8) is 0 Å². The van der Waals surface area contributed by atoms with E-state index in [1.165, 1.54) is 44.9 Å². The summed E-state index contributed by atoms with van der Waals surface area (Å²) >= 11 is 0. The average molecular weight is 273 g/mol. The maximum Gasteiger partial charge on any atom is 0.425 e. The molecule has 0 saturated heterocycles. The Morgan fingerprint density at radius 2 is 1.61 bits per heavy atom. The smallest absolute Gasteiger partial charge is 0.383 e. The van der Waals surface area contributed by atoms with Crippen LogP contribution in [0.2, 0.25) is 6.04 Å². The summed E-state index contributed by atoms with van der Waals surface area (Å²) in [6, 6.07) is 1.71. The van der Waals surface area contributed by atoms with Crippen LogP contribution in [0.3, 0.4) is 0 Å². The van der Waals surface area contributed by atoms with Gasteiger partial charge in [-0.1, -0.05) is 39.0 Å². The van der Waals surface area contributed by atoms with E-state index in [-0.39, 0.29) is 0 Å². The summed E-state index contributed by atoms with van der Waals surface area (Å²) in [4.78, 5) is 3.80. The molecule has 1 saturated carbocycles.